The maximum atomic E-state index is 11.1. The topological polar surface area (TPSA) is 111 Å². The Morgan fingerprint density at radius 1 is 1.24 bits per heavy atom. The van der Waals surface area contributed by atoms with Gasteiger partial charge >= 0.3 is 5.69 Å². The average Bonchev–Trinajstić information content (AvgIpc) is 2.49. The van der Waals surface area contributed by atoms with E-state index in [0.29, 0.717) is 26.4 Å². The number of methoxy groups -OCH3 is 1. The van der Waals surface area contributed by atoms with Crippen LogP contribution in [0.1, 0.15) is 12.8 Å². The van der Waals surface area contributed by atoms with E-state index in [4.69, 9.17) is 9.47 Å². The van der Waals surface area contributed by atoms with Crippen molar-refractivity contribution in [1.82, 2.24) is 9.97 Å². The second-order valence-electron chi connectivity index (χ2n) is 4.17. The average molecular weight is 299 g/mol. The molecule has 0 atom stereocenters. The Hall–Kier alpha value is -2.00. The summed E-state index contributed by atoms with van der Waals surface area (Å²) in [6.07, 6.45) is 2.96. The summed E-state index contributed by atoms with van der Waals surface area (Å²) in [6.45, 7) is 2.37. The molecule has 0 amide bonds. The van der Waals surface area contributed by atoms with Crippen molar-refractivity contribution in [1.29, 1.82) is 0 Å². The highest BCUT2D eigenvalue weighted by Gasteiger charge is 2.21. The van der Waals surface area contributed by atoms with Gasteiger partial charge in [0.05, 0.1) is 18.1 Å². The fourth-order valence-electron chi connectivity index (χ4n) is 1.64. The third-order valence-corrected chi connectivity index (χ3v) is 2.68. The van der Waals surface area contributed by atoms with Crippen LogP contribution in [-0.2, 0) is 9.47 Å². The molecule has 0 aliphatic rings. The van der Waals surface area contributed by atoms with E-state index in [-0.39, 0.29) is 17.3 Å². The van der Waals surface area contributed by atoms with Crippen LogP contribution in [0, 0.1) is 10.1 Å². The fraction of sp³-hybridized carbons (Fsp3) is 0.667. The minimum atomic E-state index is -0.498. The molecule has 0 aliphatic heterocycles. The smallest absolute Gasteiger partial charge is 0.353 e. The summed E-state index contributed by atoms with van der Waals surface area (Å²) in [5.74, 6) is 0.417. The minimum Gasteiger partial charge on any atom is -0.382 e. The van der Waals surface area contributed by atoms with E-state index in [2.05, 4.69) is 20.6 Å². The highest BCUT2D eigenvalue weighted by Crippen LogP contribution is 2.28. The molecule has 21 heavy (non-hydrogen) atoms. The molecule has 0 unspecified atom stereocenters. The predicted octanol–water partition coefficient (Wildman–Crippen LogP) is 1.28. The van der Waals surface area contributed by atoms with Crippen LogP contribution in [0.4, 0.5) is 17.3 Å². The molecule has 0 aliphatic carbocycles. The lowest BCUT2D eigenvalue weighted by atomic mass is 10.3. The van der Waals surface area contributed by atoms with Gasteiger partial charge in [0.25, 0.3) is 0 Å². The number of nitro groups is 1. The van der Waals surface area contributed by atoms with Crippen molar-refractivity contribution in [2.45, 2.75) is 12.8 Å². The van der Waals surface area contributed by atoms with E-state index in [1.54, 1.807) is 14.2 Å². The molecule has 2 N–H and O–H groups in total. The molecule has 118 valence electrons. The summed E-state index contributed by atoms with van der Waals surface area (Å²) in [6, 6.07) is 0. The van der Waals surface area contributed by atoms with Crippen LogP contribution >= 0.6 is 0 Å². The second kappa shape index (κ2) is 9.83. The van der Waals surface area contributed by atoms with Gasteiger partial charge in [-0.1, -0.05) is 0 Å². The van der Waals surface area contributed by atoms with Crippen molar-refractivity contribution >= 4 is 17.3 Å². The van der Waals surface area contributed by atoms with Crippen LogP contribution in [0.25, 0.3) is 0 Å². The van der Waals surface area contributed by atoms with Crippen molar-refractivity contribution in [3.05, 3.63) is 16.4 Å². The second-order valence-corrected chi connectivity index (χ2v) is 4.17. The zero-order chi connectivity index (χ0) is 15.5. The molecule has 0 saturated carbocycles. The highest BCUT2D eigenvalue weighted by molar-refractivity contribution is 5.68. The first kappa shape index (κ1) is 17.1. The van der Waals surface area contributed by atoms with Crippen molar-refractivity contribution in [2.24, 2.45) is 0 Å². The van der Waals surface area contributed by atoms with Gasteiger partial charge in [-0.2, -0.15) is 0 Å². The first-order valence-corrected chi connectivity index (χ1v) is 6.68. The van der Waals surface area contributed by atoms with Crippen molar-refractivity contribution < 1.29 is 14.4 Å². The van der Waals surface area contributed by atoms with E-state index >= 15 is 0 Å². The Morgan fingerprint density at radius 3 is 2.67 bits per heavy atom. The van der Waals surface area contributed by atoms with Crippen molar-refractivity contribution in [2.75, 3.05) is 51.2 Å². The van der Waals surface area contributed by atoms with Crippen molar-refractivity contribution in [3.63, 3.8) is 0 Å². The summed E-state index contributed by atoms with van der Waals surface area (Å²) >= 11 is 0. The summed E-state index contributed by atoms with van der Waals surface area (Å²) in [5, 5.41) is 16.7. The molecule has 0 aromatic carbocycles. The van der Waals surface area contributed by atoms with E-state index in [0.717, 1.165) is 12.8 Å². The summed E-state index contributed by atoms with van der Waals surface area (Å²) in [5.41, 5.74) is -0.142. The normalized spacial score (nSPS) is 10.4. The lowest BCUT2D eigenvalue weighted by Gasteiger charge is -2.08. The Bertz CT molecular complexity index is 444. The van der Waals surface area contributed by atoms with Crippen LogP contribution in [0.2, 0.25) is 0 Å². The number of hydrogen-bond acceptors (Lipinski definition) is 8. The summed E-state index contributed by atoms with van der Waals surface area (Å²) in [7, 11) is 3.21. The Kier molecular flexibility index (Phi) is 7.99. The van der Waals surface area contributed by atoms with Gasteiger partial charge in [-0.25, -0.2) is 9.97 Å². The third-order valence-electron chi connectivity index (χ3n) is 2.68. The Labute approximate surface area is 123 Å². The molecule has 0 fully saturated rings. The van der Waals surface area contributed by atoms with E-state index in [1.807, 2.05) is 0 Å². The van der Waals surface area contributed by atoms with Crippen LogP contribution in [0.5, 0.6) is 0 Å². The molecule has 0 radical (unpaired) electrons. The molecule has 0 spiro atoms. The van der Waals surface area contributed by atoms with Crippen LogP contribution < -0.4 is 10.6 Å². The van der Waals surface area contributed by atoms with Gasteiger partial charge in [-0.15, -0.1) is 0 Å². The van der Waals surface area contributed by atoms with Crippen LogP contribution in [-0.4, -0.2) is 55.4 Å². The number of rotatable bonds is 11. The quantitative estimate of drug-likeness (QED) is 0.357. The summed E-state index contributed by atoms with van der Waals surface area (Å²) in [4.78, 5) is 18.3. The predicted molar refractivity (Wildman–Crippen MR) is 78.7 cm³/mol. The van der Waals surface area contributed by atoms with Crippen molar-refractivity contribution in [3.8, 4) is 0 Å². The standard InChI is InChI=1S/C12H21N5O4/c1-13-11-10(17(18)19)12(16-9-15-11)14-5-3-4-6-21-8-7-20-2/h9H,3-8H2,1-2H3,(H2,13,14,15,16). The van der Waals surface area contributed by atoms with Gasteiger partial charge in [0.15, 0.2) is 0 Å². The van der Waals surface area contributed by atoms with E-state index in [9.17, 15) is 10.1 Å². The number of unbranched alkanes of at least 4 members (excludes halogenated alkanes) is 1. The minimum absolute atomic E-state index is 0.142. The highest BCUT2D eigenvalue weighted by atomic mass is 16.6. The SMILES string of the molecule is CNc1ncnc(NCCCCOCCOC)c1[N+](=O)[O-]. The molecule has 1 aromatic heterocycles. The van der Waals surface area contributed by atoms with Gasteiger partial charge in [-0.05, 0) is 12.8 Å². The molecule has 0 bridgehead atoms. The fourth-order valence-corrected chi connectivity index (χ4v) is 1.64. The Balaban J connectivity index is 2.37. The molecule has 1 rings (SSSR count). The van der Waals surface area contributed by atoms with Gasteiger partial charge in [-0.3, -0.25) is 10.1 Å². The number of hydrogen-bond donors (Lipinski definition) is 2. The maximum absolute atomic E-state index is 11.1. The van der Waals surface area contributed by atoms with Crippen LogP contribution in [0.3, 0.4) is 0 Å². The molecule has 1 aromatic rings. The molecular weight excluding hydrogens is 278 g/mol. The van der Waals surface area contributed by atoms with Gasteiger partial charge in [0.1, 0.15) is 6.33 Å². The first-order chi connectivity index (χ1) is 10.2. The van der Waals surface area contributed by atoms with E-state index < -0.39 is 4.92 Å². The number of anilines is 2. The number of nitrogens with one attached hydrogen (secondary N) is 2. The number of ether oxygens (including phenoxy) is 2. The maximum Gasteiger partial charge on any atom is 0.353 e. The molecule has 9 nitrogen and oxygen atoms in total. The number of aromatic nitrogens is 2. The van der Waals surface area contributed by atoms with Crippen LogP contribution in [0.15, 0.2) is 6.33 Å². The lowest BCUT2D eigenvalue weighted by molar-refractivity contribution is -0.383. The third kappa shape index (κ3) is 5.88. The zero-order valence-corrected chi connectivity index (χ0v) is 12.3. The Morgan fingerprint density at radius 2 is 2.00 bits per heavy atom. The molecular formula is C12H21N5O4. The summed E-state index contributed by atoms with van der Waals surface area (Å²) < 4.78 is 10.2. The molecule has 0 saturated heterocycles. The van der Waals surface area contributed by atoms with Gasteiger partial charge < -0.3 is 20.1 Å². The molecule has 1 heterocycles. The zero-order valence-electron chi connectivity index (χ0n) is 12.3. The monoisotopic (exact) mass is 299 g/mol. The molecule has 9 heteroatoms. The number of nitrogens with zero attached hydrogens (tertiary/aromatic N) is 3. The van der Waals surface area contributed by atoms with E-state index in [1.165, 1.54) is 6.33 Å². The lowest BCUT2D eigenvalue weighted by Crippen LogP contribution is -2.10. The van der Waals surface area contributed by atoms with Gasteiger partial charge in [0, 0.05) is 27.3 Å². The van der Waals surface area contributed by atoms with Gasteiger partial charge in [0.2, 0.25) is 11.6 Å². The largest absolute Gasteiger partial charge is 0.382 e. The first-order valence-electron chi connectivity index (χ1n) is 6.68.